The van der Waals surface area contributed by atoms with Gasteiger partial charge in [0.25, 0.3) is 0 Å². The first-order valence-corrected chi connectivity index (χ1v) is 20.4. The SMILES string of the molecule is COC(C)COC[Si](C)(O[Si](C)(C)C)O[Si](C)(C)O[Si](C)(C)C. The molecule has 0 aromatic carbocycles. The summed E-state index contributed by atoms with van der Waals surface area (Å²) in [5, 5.41) is 0. The first-order chi connectivity index (χ1) is 10.1. The van der Waals surface area contributed by atoms with Gasteiger partial charge in [-0.15, -0.1) is 0 Å². The Morgan fingerprint density at radius 3 is 1.61 bits per heavy atom. The van der Waals surface area contributed by atoms with Crippen LogP contribution in [0.3, 0.4) is 0 Å². The van der Waals surface area contributed by atoms with Crippen molar-refractivity contribution < 1.29 is 21.8 Å². The smallest absolute Gasteiger partial charge is 0.342 e. The van der Waals surface area contributed by atoms with E-state index in [9.17, 15) is 0 Å². The average molecular weight is 399 g/mol. The fraction of sp³-hybridized carbons (Fsp3) is 1.00. The monoisotopic (exact) mass is 398 g/mol. The number of hydrogen-bond acceptors (Lipinski definition) is 5. The van der Waals surface area contributed by atoms with Crippen molar-refractivity contribution in [2.24, 2.45) is 0 Å². The third-order valence-electron chi connectivity index (χ3n) is 2.65. The number of ether oxygens (including phenoxy) is 2. The molecule has 2 atom stereocenters. The van der Waals surface area contributed by atoms with Crippen LogP contribution in [0.15, 0.2) is 0 Å². The first kappa shape index (κ1) is 23.7. The van der Waals surface area contributed by atoms with Gasteiger partial charge in [0.1, 0.15) is 0 Å². The zero-order valence-electron chi connectivity index (χ0n) is 17.0. The molecule has 2 unspecified atom stereocenters. The van der Waals surface area contributed by atoms with Gasteiger partial charge in [-0.3, -0.25) is 0 Å². The van der Waals surface area contributed by atoms with Gasteiger partial charge in [0, 0.05) is 7.11 Å². The minimum atomic E-state index is -2.46. The minimum absolute atomic E-state index is 0.0728. The van der Waals surface area contributed by atoms with E-state index in [4.69, 9.17) is 21.8 Å². The Labute approximate surface area is 147 Å². The lowest BCUT2D eigenvalue weighted by Crippen LogP contribution is -2.59. The summed E-state index contributed by atoms with van der Waals surface area (Å²) in [7, 11) is -6.40. The predicted octanol–water partition coefficient (Wildman–Crippen LogP) is 4.07. The molecule has 0 aliphatic carbocycles. The lowest BCUT2D eigenvalue weighted by Gasteiger charge is -2.41. The predicted molar refractivity (Wildman–Crippen MR) is 106 cm³/mol. The zero-order chi connectivity index (χ0) is 18.5. The lowest BCUT2D eigenvalue weighted by molar-refractivity contribution is 0.0264. The van der Waals surface area contributed by atoms with Gasteiger partial charge in [0.2, 0.25) is 0 Å². The van der Waals surface area contributed by atoms with Crippen molar-refractivity contribution in [3.63, 3.8) is 0 Å². The molecule has 0 rings (SSSR count). The molecule has 23 heavy (non-hydrogen) atoms. The molecular weight excluding hydrogens is 360 g/mol. The Bertz CT molecular complexity index is 354. The van der Waals surface area contributed by atoms with Crippen LogP contribution in [0.1, 0.15) is 6.92 Å². The van der Waals surface area contributed by atoms with Crippen LogP contribution in [-0.4, -0.2) is 59.8 Å². The molecule has 0 amide bonds. The fourth-order valence-corrected chi connectivity index (χ4v) is 19.8. The Hall–Kier alpha value is 0.668. The highest BCUT2D eigenvalue weighted by atomic mass is 28.5. The second kappa shape index (κ2) is 8.85. The maximum Gasteiger partial charge on any atom is 0.342 e. The van der Waals surface area contributed by atoms with Crippen molar-refractivity contribution in [1.29, 1.82) is 0 Å². The van der Waals surface area contributed by atoms with Crippen LogP contribution in [0.5, 0.6) is 0 Å². The summed E-state index contributed by atoms with van der Waals surface area (Å²) < 4.78 is 30.4. The van der Waals surface area contributed by atoms with Gasteiger partial charge in [-0.1, -0.05) is 0 Å². The third kappa shape index (κ3) is 12.6. The van der Waals surface area contributed by atoms with Gasteiger partial charge in [-0.25, -0.2) is 0 Å². The molecule has 0 radical (unpaired) electrons. The standard InChI is InChI=1S/C14H38O5Si4/c1-14(15-2)12-16-13-23(11,18-21(6,7)8)19-22(9,10)17-20(3,4)5/h14H,12-13H2,1-11H3. The van der Waals surface area contributed by atoms with Crippen molar-refractivity contribution in [3.05, 3.63) is 0 Å². The largest absolute Gasteiger partial charge is 0.437 e. The van der Waals surface area contributed by atoms with E-state index < -0.39 is 33.8 Å². The first-order valence-electron chi connectivity index (χ1n) is 8.29. The summed E-state index contributed by atoms with van der Waals surface area (Å²) in [6.07, 6.45) is 0.583. The van der Waals surface area contributed by atoms with E-state index >= 15 is 0 Å². The Kier molecular flexibility index (Phi) is 9.11. The van der Waals surface area contributed by atoms with Crippen molar-refractivity contribution in [2.75, 3.05) is 19.9 Å². The number of hydrogen-bond donors (Lipinski definition) is 0. The maximum atomic E-state index is 6.53. The van der Waals surface area contributed by atoms with E-state index in [-0.39, 0.29) is 6.10 Å². The normalized spacial score (nSPS) is 17.9. The molecule has 0 saturated carbocycles. The van der Waals surface area contributed by atoms with E-state index in [1.54, 1.807) is 7.11 Å². The highest BCUT2D eigenvalue weighted by Gasteiger charge is 2.44. The van der Waals surface area contributed by atoms with Crippen LogP contribution in [0.25, 0.3) is 0 Å². The third-order valence-corrected chi connectivity index (χ3v) is 15.7. The van der Waals surface area contributed by atoms with E-state index in [0.29, 0.717) is 12.8 Å². The molecule has 0 bridgehead atoms. The summed E-state index contributed by atoms with van der Waals surface area (Å²) >= 11 is 0. The summed E-state index contributed by atoms with van der Waals surface area (Å²) in [6, 6.07) is 0. The van der Waals surface area contributed by atoms with Gasteiger partial charge in [0.05, 0.1) is 18.9 Å². The topological polar surface area (TPSA) is 46.2 Å². The number of methoxy groups -OCH3 is 1. The van der Waals surface area contributed by atoms with E-state index in [1.807, 2.05) is 6.92 Å². The second-order valence-corrected chi connectivity index (χ2v) is 24.9. The second-order valence-electron chi connectivity index (χ2n) is 8.63. The maximum absolute atomic E-state index is 6.53. The van der Waals surface area contributed by atoms with Crippen molar-refractivity contribution in [3.8, 4) is 0 Å². The van der Waals surface area contributed by atoms with Crippen LogP contribution in [0, 0.1) is 0 Å². The van der Waals surface area contributed by atoms with Crippen LogP contribution >= 0.6 is 0 Å². The van der Waals surface area contributed by atoms with Crippen molar-refractivity contribution in [1.82, 2.24) is 0 Å². The van der Waals surface area contributed by atoms with Gasteiger partial charge in [-0.2, -0.15) is 0 Å². The number of rotatable bonds is 11. The van der Waals surface area contributed by atoms with Crippen LogP contribution in [0.4, 0.5) is 0 Å². The molecule has 0 spiro atoms. The molecule has 140 valence electrons. The Morgan fingerprint density at radius 1 is 0.739 bits per heavy atom. The molecular formula is C14H38O5Si4. The molecule has 5 nitrogen and oxygen atoms in total. The molecule has 0 aliphatic heterocycles. The summed E-state index contributed by atoms with van der Waals surface area (Å²) in [5.41, 5.74) is 0. The van der Waals surface area contributed by atoms with Crippen molar-refractivity contribution >= 4 is 33.8 Å². The quantitative estimate of drug-likeness (QED) is 0.491. The summed E-state index contributed by atoms with van der Waals surface area (Å²) in [6.45, 7) is 22.0. The van der Waals surface area contributed by atoms with Gasteiger partial charge in [-0.05, 0) is 65.8 Å². The van der Waals surface area contributed by atoms with E-state index in [2.05, 4.69) is 58.9 Å². The Morgan fingerprint density at radius 2 is 1.22 bits per heavy atom. The molecule has 0 aliphatic rings. The summed E-state index contributed by atoms with van der Waals surface area (Å²) in [4.78, 5) is 0. The molecule has 0 saturated heterocycles. The lowest BCUT2D eigenvalue weighted by atomic mass is 10.4. The van der Waals surface area contributed by atoms with Crippen LogP contribution < -0.4 is 0 Å². The summed E-state index contributed by atoms with van der Waals surface area (Å²) in [5.74, 6) is 0. The average Bonchev–Trinajstić information content (AvgIpc) is 2.20. The molecule has 0 fully saturated rings. The van der Waals surface area contributed by atoms with Gasteiger partial charge >= 0.3 is 17.1 Å². The van der Waals surface area contributed by atoms with Gasteiger partial charge < -0.3 is 21.8 Å². The highest BCUT2D eigenvalue weighted by molar-refractivity contribution is 6.89. The van der Waals surface area contributed by atoms with E-state index in [1.165, 1.54) is 0 Å². The molecule has 0 aromatic heterocycles. The van der Waals surface area contributed by atoms with Crippen molar-refractivity contribution in [2.45, 2.75) is 72.0 Å². The van der Waals surface area contributed by atoms with Gasteiger partial charge in [0.15, 0.2) is 16.6 Å². The fourth-order valence-electron chi connectivity index (χ4n) is 2.48. The van der Waals surface area contributed by atoms with E-state index in [0.717, 1.165) is 0 Å². The molecule has 9 heteroatoms. The molecule has 0 heterocycles. The highest BCUT2D eigenvalue weighted by Crippen LogP contribution is 2.24. The minimum Gasteiger partial charge on any atom is -0.437 e. The van der Waals surface area contributed by atoms with Crippen LogP contribution in [0.2, 0.25) is 58.9 Å². The molecule has 0 N–H and O–H groups in total. The van der Waals surface area contributed by atoms with Crippen LogP contribution in [-0.2, 0) is 21.8 Å². The zero-order valence-corrected chi connectivity index (χ0v) is 21.0. The Balaban J connectivity index is 4.98. The molecule has 0 aromatic rings.